The number of rotatable bonds is 6. The number of hydrazone groups is 1. The van der Waals surface area contributed by atoms with E-state index in [-0.39, 0.29) is 5.91 Å². The van der Waals surface area contributed by atoms with Crippen LogP contribution in [0, 0.1) is 0 Å². The fourth-order valence-electron chi connectivity index (χ4n) is 1.59. The van der Waals surface area contributed by atoms with Crippen molar-refractivity contribution in [2.75, 3.05) is 5.75 Å². The molecule has 6 heteroatoms. The molecule has 0 fully saturated rings. The molecule has 1 aromatic carbocycles. The van der Waals surface area contributed by atoms with Gasteiger partial charge in [0, 0.05) is 15.1 Å². The second kappa shape index (κ2) is 8.36. The molecule has 1 N–H and O–H groups in total. The largest absolute Gasteiger partial charge is 0.272 e. The summed E-state index contributed by atoms with van der Waals surface area (Å²) in [6.07, 6.45) is 0. The number of amides is 1. The normalized spacial score (nSPS) is 11.4. The van der Waals surface area contributed by atoms with Gasteiger partial charge in [0.25, 0.3) is 0 Å². The van der Waals surface area contributed by atoms with Crippen LogP contribution in [-0.2, 0) is 10.5 Å². The fourth-order valence-corrected chi connectivity index (χ4v) is 3.70. The number of halogens is 1. The van der Waals surface area contributed by atoms with Gasteiger partial charge in [0.2, 0.25) is 5.91 Å². The van der Waals surface area contributed by atoms with E-state index in [2.05, 4.69) is 26.5 Å². The van der Waals surface area contributed by atoms with Gasteiger partial charge in [-0.25, -0.2) is 5.43 Å². The van der Waals surface area contributed by atoms with Gasteiger partial charge in [-0.1, -0.05) is 40.2 Å². The van der Waals surface area contributed by atoms with Crippen LogP contribution in [0.5, 0.6) is 0 Å². The van der Waals surface area contributed by atoms with Crippen molar-refractivity contribution in [2.45, 2.75) is 12.7 Å². The quantitative estimate of drug-likeness (QED) is 0.598. The minimum absolute atomic E-state index is 0.0806. The molecular formula is C15H15BrN2OS2. The van der Waals surface area contributed by atoms with Crippen LogP contribution in [0.1, 0.15) is 17.4 Å². The van der Waals surface area contributed by atoms with Crippen molar-refractivity contribution >= 4 is 50.6 Å². The summed E-state index contributed by atoms with van der Waals surface area (Å²) < 4.78 is 1.07. The second-order valence-corrected chi connectivity index (χ2v) is 7.08. The molecule has 110 valence electrons. The van der Waals surface area contributed by atoms with E-state index in [4.69, 9.17) is 0 Å². The van der Waals surface area contributed by atoms with Gasteiger partial charge < -0.3 is 0 Å². The lowest BCUT2D eigenvalue weighted by molar-refractivity contribution is -0.118. The number of carbonyl (C=O) groups excluding carboxylic acids is 1. The highest BCUT2D eigenvalue weighted by Gasteiger charge is 2.04. The van der Waals surface area contributed by atoms with Gasteiger partial charge in [-0.3, -0.25) is 4.79 Å². The average molecular weight is 383 g/mol. The maximum Gasteiger partial charge on any atom is 0.250 e. The molecule has 3 nitrogen and oxygen atoms in total. The molecule has 0 saturated carbocycles. The summed E-state index contributed by atoms with van der Waals surface area (Å²) in [7, 11) is 0. The Balaban J connectivity index is 1.75. The van der Waals surface area contributed by atoms with Crippen LogP contribution in [0.25, 0.3) is 0 Å². The molecule has 1 aromatic heterocycles. The van der Waals surface area contributed by atoms with E-state index in [9.17, 15) is 4.79 Å². The third-order valence-electron chi connectivity index (χ3n) is 2.67. The number of thioether (sulfide) groups is 1. The number of hydrogen-bond acceptors (Lipinski definition) is 4. The summed E-state index contributed by atoms with van der Waals surface area (Å²) >= 11 is 6.68. The van der Waals surface area contributed by atoms with Crippen LogP contribution in [0.4, 0.5) is 0 Å². The average Bonchev–Trinajstić information content (AvgIpc) is 3.01. The molecule has 2 rings (SSSR count). The minimum atomic E-state index is -0.0806. The molecule has 0 spiro atoms. The molecule has 2 aromatic rings. The molecule has 0 bridgehead atoms. The third-order valence-corrected chi connectivity index (χ3v) is 5.41. The van der Waals surface area contributed by atoms with Crippen LogP contribution in [0.2, 0.25) is 0 Å². The zero-order valence-corrected chi connectivity index (χ0v) is 14.7. The summed E-state index contributed by atoms with van der Waals surface area (Å²) in [5.74, 6) is 1.10. The molecule has 0 saturated heterocycles. The lowest BCUT2D eigenvalue weighted by Gasteiger charge is -2.04. The molecule has 0 aliphatic rings. The first-order valence-electron chi connectivity index (χ1n) is 6.35. The number of carbonyl (C=O) groups is 1. The van der Waals surface area contributed by atoms with Gasteiger partial charge in [-0.2, -0.15) is 5.10 Å². The second-order valence-electron chi connectivity index (χ2n) is 4.29. The van der Waals surface area contributed by atoms with Crippen molar-refractivity contribution in [1.82, 2.24) is 5.43 Å². The summed E-state index contributed by atoms with van der Waals surface area (Å²) in [5, 5.41) is 6.10. The zero-order valence-electron chi connectivity index (χ0n) is 11.5. The molecule has 0 atom stereocenters. The van der Waals surface area contributed by atoms with Crippen molar-refractivity contribution < 1.29 is 4.79 Å². The summed E-state index contributed by atoms with van der Waals surface area (Å²) in [6, 6.07) is 12.0. The summed E-state index contributed by atoms with van der Waals surface area (Å²) in [5.41, 5.74) is 4.61. The Hall–Kier alpha value is -1.11. The molecule has 0 aliphatic carbocycles. The number of nitrogens with zero attached hydrogens (tertiary/aromatic N) is 1. The topological polar surface area (TPSA) is 41.5 Å². The highest BCUT2D eigenvalue weighted by atomic mass is 79.9. The SMILES string of the molecule is C/C(=N/NC(=O)CSCc1ccccc1Br)c1cccs1. The molecule has 1 heterocycles. The number of benzene rings is 1. The maximum atomic E-state index is 11.7. The minimum Gasteiger partial charge on any atom is -0.272 e. The third kappa shape index (κ3) is 5.30. The summed E-state index contributed by atoms with van der Waals surface area (Å²) in [4.78, 5) is 12.8. The fraction of sp³-hybridized carbons (Fsp3) is 0.200. The predicted molar refractivity (Wildman–Crippen MR) is 95.0 cm³/mol. The Morgan fingerprint density at radius 1 is 1.33 bits per heavy atom. The molecule has 0 radical (unpaired) electrons. The van der Waals surface area contributed by atoms with E-state index in [0.29, 0.717) is 5.75 Å². The first kappa shape index (κ1) is 16.3. The van der Waals surface area contributed by atoms with Crippen molar-refractivity contribution in [2.24, 2.45) is 5.10 Å². The van der Waals surface area contributed by atoms with E-state index in [1.807, 2.05) is 48.7 Å². The Labute approximate surface area is 141 Å². The number of thiophene rings is 1. The van der Waals surface area contributed by atoms with Crippen LogP contribution in [0.15, 0.2) is 51.4 Å². The van der Waals surface area contributed by atoms with E-state index < -0.39 is 0 Å². The van der Waals surface area contributed by atoms with Crippen LogP contribution < -0.4 is 5.43 Å². The van der Waals surface area contributed by atoms with Crippen molar-refractivity contribution in [3.05, 3.63) is 56.7 Å². The van der Waals surface area contributed by atoms with Crippen molar-refractivity contribution in [3.8, 4) is 0 Å². The molecular weight excluding hydrogens is 368 g/mol. The lowest BCUT2D eigenvalue weighted by atomic mass is 10.2. The van der Waals surface area contributed by atoms with Gasteiger partial charge in [0.15, 0.2) is 0 Å². The van der Waals surface area contributed by atoms with Crippen molar-refractivity contribution in [1.29, 1.82) is 0 Å². The highest BCUT2D eigenvalue weighted by Crippen LogP contribution is 2.21. The van der Waals surface area contributed by atoms with Gasteiger partial charge in [0.1, 0.15) is 0 Å². The molecule has 0 aliphatic heterocycles. The molecule has 0 unspecified atom stereocenters. The zero-order chi connectivity index (χ0) is 15.1. The number of hydrogen-bond donors (Lipinski definition) is 1. The van der Waals surface area contributed by atoms with E-state index in [0.717, 1.165) is 20.8 Å². The van der Waals surface area contributed by atoms with Crippen molar-refractivity contribution in [3.63, 3.8) is 0 Å². The summed E-state index contributed by atoms with van der Waals surface area (Å²) in [6.45, 7) is 1.89. The smallest absolute Gasteiger partial charge is 0.250 e. The number of nitrogens with one attached hydrogen (secondary N) is 1. The van der Waals surface area contributed by atoms with Crippen LogP contribution >= 0.6 is 39.0 Å². The maximum absolute atomic E-state index is 11.7. The molecule has 1 amide bonds. The molecule has 21 heavy (non-hydrogen) atoms. The Kier molecular flexibility index (Phi) is 6.48. The van der Waals surface area contributed by atoms with Crippen LogP contribution in [-0.4, -0.2) is 17.4 Å². The first-order chi connectivity index (χ1) is 10.2. The predicted octanol–water partition coefficient (Wildman–Crippen LogP) is 4.28. The van der Waals surface area contributed by atoms with Gasteiger partial charge >= 0.3 is 0 Å². The monoisotopic (exact) mass is 382 g/mol. The standard InChI is InChI=1S/C15H15BrN2OS2/c1-11(14-7-4-8-21-14)17-18-15(19)10-20-9-12-5-2-3-6-13(12)16/h2-8H,9-10H2,1H3,(H,18,19)/b17-11-. The van der Waals surface area contributed by atoms with Gasteiger partial charge in [0.05, 0.1) is 11.5 Å². The van der Waals surface area contributed by atoms with Gasteiger partial charge in [-0.15, -0.1) is 23.1 Å². The lowest BCUT2D eigenvalue weighted by Crippen LogP contribution is -2.21. The van der Waals surface area contributed by atoms with Gasteiger partial charge in [-0.05, 0) is 30.0 Å². The highest BCUT2D eigenvalue weighted by molar-refractivity contribution is 9.10. The van der Waals surface area contributed by atoms with Crippen LogP contribution in [0.3, 0.4) is 0 Å². The van der Waals surface area contributed by atoms with E-state index in [1.165, 1.54) is 5.56 Å². The van der Waals surface area contributed by atoms with E-state index >= 15 is 0 Å². The van der Waals surface area contributed by atoms with E-state index in [1.54, 1.807) is 23.1 Å². The Morgan fingerprint density at radius 2 is 2.14 bits per heavy atom. The Morgan fingerprint density at radius 3 is 2.86 bits per heavy atom. The Bertz CT molecular complexity index is 626. The first-order valence-corrected chi connectivity index (χ1v) is 9.17.